The van der Waals surface area contributed by atoms with Crippen LogP contribution in [0, 0.1) is 0 Å². The summed E-state index contributed by atoms with van der Waals surface area (Å²) in [5.41, 5.74) is 6.37. The molecule has 3 amide bonds. The Labute approximate surface area is 187 Å². The third-order valence-corrected chi connectivity index (χ3v) is 7.04. The van der Waals surface area contributed by atoms with Gasteiger partial charge in [-0.3, -0.25) is 14.4 Å². The van der Waals surface area contributed by atoms with Gasteiger partial charge in [0.15, 0.2) is 0 Å². The molecule has 0 atom stereocenters. The Morgan fingerprint density at radius 1 is 0.875 bits per heavy atom. The fourth-order valence-corrected chi connectivity index (χ4v) is 4.94. The highest BCUT2D eigenvalue weighted by molar-refractivity contribution is 7.89. The molecule has 0 aromatic heterocycles. The van der Waals surface area contributed by atoms with Crippen molar-refractivity contribution < 1.29 is 22.8 Å². The van der Waals surface area contributed by atoms with E-state index in [1.807, 2.05) is 0 Å². The zero-order chi connectivity index (χ0) is 23.1. The van der Waals surface area contributed by atoms with Gasteiger partial charge in [-0.2, -0.15) is 4.31 Å². The number of carbonyl (C=O) groups excluding carboxylic acids is 3. The predicted molar refractivity (Wildman–Crippen MR) is 118 cm³/mol. The monoisotopic (exact) mass is 458 g/mol. The van der Waals surface area contributed by atoms with E-state index in [2.05, 4.69) is 10.6 Å². The third kappa shape index (κ3) is 5.92. The topological polar surface area (TPSA) is 139 Å². The van der Waals surface area contributed by atoms with E-state index in [0.29, 0.717) is 18.7 Å². The molecule has 9 nitrogen and oxygen atoms in total. The number of hydrogen-bond donors (Lipinski definition) is 3. The number of hydrogen-bond acceptors (Lipinski definition) is 5. The molecule has 1 aliphatic rings. The molecule has 2 aromatic rings. The number of amides is 3. The molecule has 0 unspecified atom stereocenters. The molecule has 170 valence electrons. The van der Waals surface area contributed by atoms with Crippen molar-refractivity contribution in [2.75, 3.05) is 19.6 Å². The first-order valence-corrected chi connectivity index (χ1v) is 11.8. The summed E-state index contributed by atoms with van der Waals surface area (Å²) in [6.07, 6.45) is 2.70. The standard InChI is InChI=1S/C22H26N4O5S/c23-20(27)15-25-21(28)17-9-7-16(8-10-17)14-24-22(29)18-5-4-6-19(13-18)32(30,31)26-11-2-1-3-12-26/h4-10,13H,1-3,11-12,14-15H2,(H2,23,27)(H,24,29)(H,25,28). The van der Waals surface area contributed by atoms with Crippen LogP contribution in [0.25, 0.3) is 0 Å². The van der Waals surface area contributed by atoms with Crippen molar-refractivity contribution in [1.82, 2.24) is 14.9 Å². The van der Waals surface area contributed by atoms with E-state index >= 15 is 0 Å². The third-order valence-electron chi connectivity index (χ3n) is 5.14. The lowest BCUT2D eigenvalue weighted by Crippen LogP contribution is -2.35. The Morgan fingerprint density at radius 2 is 1.53 bits per heavy atom. The van der Waals surface area contributed by atoms with Gasteiger partial charge in [0.2, 0.25) is 15.9 Å². The zero-order valence-corrected chi connectivity index (χ0v) is 18.4. The first-order valence-electron chi connectivity index (χ1n) is 10.3. The summed E-state index contributed by atoms with van der Waals surface area (Å²) in [5, 5.41) is 5.15. The second-order valence-corrected chi connectivity index (χ2v) is 9.46. The lowest BCUT2D eigenvalue weighted by Gasteiger charge is -2.26. The predicted octanol–water partition coefficient (Wildman–Crippen LogP) is 1.01. The minimum absolute atomic E-state index is 0.110. The van der Waals surface area contributed by atoms with E-state index in [0.717, 1.165) is 24.8 Å². The molecule has 10 heteroatoms. The van der Waals surface area contributed by atoms with Gasteiger partial charge in [-0.25, -0.2) is 8.42 Å². The average Bonchev–Trinajstić information content (AvgIpc) is 2.82. The Hall–Kier alpha value is -3.24. The number of primary amides is 1. The van der Waals surface area contributed by atoms with Crippen LogP contribution in [0.2, 0.25) is 0 Å². The molecular weight excluding hydrogens is 432 g/mol. The summed E-state index contributed by atoms with van der Waals surface area (Å²) >= 11 is 0. The van der Waals surface area contributed by atoms with Crippen LogP contribution in [0.3, 0.4) is 0 Å². The van der Waals surface area contributed by atoms with Crippen molar-refractivity contribution in [2.45, 2.75) is 30.7 Å². The van der Waals surface area contributed by atoms with Crippen molar-refractivity contribution in [2.24, 2.45) is 5.73 Å². The van der Waals surface area contributed by atoms with E-state index in [4.69, 9.17) is 5.73 Å². The zero-order valence-electron chi connectivity index (χ0n) is 17.5. The first kappa shape index (κ1) is 23.4. The number of carbonyl (C=O) groups is 3. The molecule has 0 aliphatic carbocycles. The Bertz CT molecular complexity index is 1090. The number of benzene rings is 2. The average molecular weight is 459 g/mol. The molecule has 4 N–H and O–H groups in total. The summed E-state index contributed by atoms with van der Waals surface area (Å²) in [5.74, 6) is -1.46. The highest BCUT2D eigenvalue weighted by atomic mass is 32.2. The lowest BCUT2D eigenvalue weighted by atomic mass is 10.1. The second-order valence-electron chi connectivity index (χ2n) is 7.52. The fraction of sp³-hybridized carbons (Fsp3) is 0.318. The van der Waals surface area contributed by atoms with Gasteiger partial charge in [0.1, 0.15) is 0 Å². The number of sulfonamides is 1. The van der Waals surface area contributed by atoms with Crippen LogP contribution >= 0.6 is 0 Å². The summed E-state index contributed by atoms with van der Waals surface area (Å²) in [6.45, 7) is 0.943. The molecule has 1 aliphatic heterocycles. The van der Waals surface area contributed by atoms with Gasteiger partial charge in [-0.15, -0.1) is 0 Å². The van der Waals surface area contributed by atoms with Crippen molar-refractivity contribution >= 4 is 27.7 Å². The molecule has 2 aromatic carbocycles. The van der Waals surface area contributed by atoms with Crippen molar-refractivity contribution in [3.05, 3.63) is 65.2 Å². The molecule has 0 bridgehead atoms. The van der Waals surface area contributed by atoms with Crippen molar-refractivity contribution in [1.29, 1.82) is 0 Å². The number of rotatable bonds is 8. The van der Waals surface area contributed by atoms with E-state index in [9.17, 15) is 22.8 Å². The summed E-state index contributed by atoms with van der Waals surface area (Å²) in [4.78, 5) is 35.3. The largest absolute Gasteiger partial charge is 0.368 e. The highest BCUT2D eigenvalue weighted by Gasteiger charge is 2.26. The smallest absolute Gasteiger partial charge is 0.251 e. The Kier molecular flexibility index (Phi) is 7.60. The number of nitrogens with one attached hydrogen (secondary N) is 2. The molecule has 1 fully saturated rings. The van der Waals surface area contributed by atoms with Gasteiger partial charge in [-0.1, -0.05) is 24.6 Å². The maximum absolute atomic E-state index is 12.8. The van der Waals surface area contributed by atoms with E-state index in [1.54, 1.807) is 36.4 Å². The van der Waals surface area contributed by atoms with Crippen molar-refractivity contribution in [3.63, 3.8) is 0 Å². The van der Waals surface area contributed by atoms with Gasteiger partial charge in [-0.05, 0) is 48.7 Å². The molecule has 3 rings (SSSR count). The summed E-state index contributed by atoms with van der Waals surface area (Å²) in [7, 11) is -3.62. The summed E-state index contributed by atoms with van der Waals surface area (Å²) in [6, 6.07) is 12.5. The maximum Gasteiger partial charge on any atom is 0.251 e. The molecule has 1 saturated heterocycles. The van der Waals surface area contributed by atoms with Gasteiger partial charge in [0.25, 0.3) is 11.8 Å². The van der Waals surface area contributed by atoms with E-state index < -0.39 is 27.7 Å². The Morgan fingerprint density at radius 3 is 2.19 bits per heavy atom. The lowest BCUT2D eigenvalue weighted by molar-refractivity contribution is -0.117. The van der Waals surface area contributed by atoms with Crippen LogP contribution in [-0.2, 0) is 21.4 Å². The van der Waals surface area contributed by atoms with Gasteiger partial charge in [0, 0.05) is 30.8 Å². The molecular formula is C22H26N4O5S. The first-order chi connectivity index (χ1) is 15.3. The van der Waals surface area contributed by atoms with Gasteiger partial charge in [0.05, 0.1) is 11.4 Å². The molecule has 32 heavy (non-hydrogen) atoms. The van der Waals surface area contributed by atoms with Crippen LogP contribution in [-0.4, -0.2) is 50.1 Å². The second kappa shape index (κ2) is 10.4. The van der Waals surface area contributed by atoms with Gasteiger partial charge < -0.3 is 16.4 Å². The van der Waals surface area contributed by atoms with Crippen LogP contribution in [0.5, 0.6) is 0 Å². The molecule has 1 heterocycles. The normalized spacial score (nSPS) is 14.5. The highest BCUT2D eigenvalue weighted by Crippen LogP contribution is 2.21. The molecule has 0 radical (unpaired) electrons. The number of nitrogens with zero attached hydrogens (tertiary/aromatic N) is 1. The summed E-state index contributed by atoms with van der Waals surface area (Å²) < 4.78 is 27.2. The van der Waals surface area contributed by atoms with E-state index in [1.165, 1.54) is 16.4 Å². The SMILES string of the molecule is NC(=O)CNC(=O)c1ccc(CNC(=O)c2cccc(S(=O)(=O)N3CCCCC3)c2)cc1. The number of piperidine rings is 1. The van der Waals surface area contributed by atoms with Crippen LogP contribution in [0.15, 0.2) is 53.4 Å². The van der Waals surface area contributed by atoms with Crippen LogP contribution < -0.4 is 16.4 Å². The van der Waals surface area contributed by atoms with E-state index in [-0.39, 0.29) is 23.5 Å². The minimum atomic E-state index is -3.62. The molecule has 0 spiro atoms. The quantitative estimate of drug-likeness (QED) is 0.542. The molecule has 0 saturated carbocycles. The number of nitrogens with two attached hydrogens (primary N) is 1. The van der Waals surface area contributed by atoms with Crippen LogP contribution in [0.4, 0.5) is 0 Å². The van der Waals surface area contributed by atoms with Crippen LogP contribution in [0.1, 0.15) is 45.5 Å². The Balaban J connectivity index is 1.61. The maximum atomic E-state index is 12.8. The van der Waals surface area contributed by atoms with Crippen molar-refractivity contribution in [3.8, 4) is 0 Å². The fourth-order valence-electron chi connectivity index (χ4n) is 3.38. The van der Waals surface area contributed by atoms with Gasteiger partial charge >= 0.3 is 0 Å². The minimum Gasteiger partial charge on any atom is -0.368 e.